The molecule has 30 heavy (non-hydrogen) atoms. The van der Waals surface area contributed by atoms with Gasteiger partial charge in [0.05, 0.1) is 10.6 Å². The molecular weight excluding hydrogens is 436 g/mol. The molecule has 0 spiro atoms. The van der Waals surface area contributed by atoms with Gasteiger partial charge in [0.2, 0.25) is 10.0 Å². The molecule has 0 aliphatic heterocycles. The lowest BCUT2D eigenvalue weighted by atomic mass is 10.2. The van der Waals surface area contributed by atoms with E-state index in [2.05, 4.69) is 16.8 Å². The lowest BCUT2D eigenvalue weighted by Gasteiger charge is -2.18. The summed E-state index contributed by atoms with van der Waals surface area (Å²) in [5.41, 5.74) is 2.39. The van der Waals surface area contributed by atoms with E-state index in [-0.39, 0.29) is 10.8 Å². The molecule has 3 aromatic rings. The van der Waals surface area contributed by atoms with Gasteiger partial charge in [0.15, 0.2) is 0 Å². The number of thiophene rings is 1. The summed E-state index contributed by atoms with van der Waals surface area (Å²) in [6.07, 6.45) is 0. The van der Waals surface area contributed by atoms with Crippen LogP contribution in [0.4, 0.5) is 5.69 Å². The zero-order valence-corrected chi connectivity index (χ0v) is 19.3. The smallest absolute Gasteiger partial charge is 0.255 e. The van der Waals surface area contributed by atoms with Gasteiger partial charge in [-0.2, -0.15) is 15.6 Å². The Balaban J connectivity index is 1.72. The van der Waals surface area contributed by atoms with Crippen LogP contribution in [-0.4, -0.2) is 31.7 Å². The summed E-state index contributed by atoms with van der Waals surface area (Å²) in [4.78, 5) is 13.9. The summed E-state index contributed by atoms with van der Waals surface area (Å²) >= 11 is 3.33. The van der Waals surface area contributed by atoms with Crippen LogP contribution in [0.25, 0.3) is 0 Å². The molecule has 0 atom stereocenters. The number of nitrogens with zero attached hydrogens (tertiary/aromatic N) is 1. The highest BCUT2D eigenvalue weighted by atomic mass is 32.2. The third-order valence-electron chi connectivity index (χ3n) is 4.57. The summed E-state index contributed by atoms with van der Waals surface area (Å²) in [7, 11) is -3.54. The Morgan fingerprint density at radius 2 is 1.73 bits per heavy atom. The van der Waals surface area contributed by atoms with Crippen LogP contribution in [0, 0.1) is 0 Å². The van der Waals surface area contributed by atoms with Crippen molar-refractivity contribution in [2.75, 3.05) is 18.4 Å². The van der Waals surface area contributed by atoms with Crippen molar-refractivity contribution in [2.24, 2.45) is 0 Å². The Morgan fingerprint density at radius 1 is 1.03 bits per heavy atom. The molecule has 0 fully saturated rings. The molecule has 0 saturated heterocycles. The van der Waals surface area contributed by atoms with Crippen LogP contribution in [0.5, 0.6) is 0 Å². The number of nitrogens with one attached hydrogen (secondary N) is 1. The van der Waals surface area contributed by atoms with Crippen molar-refractivity contribution in [1.82, 2.24) is 4.31 Å². The number of amides is 1. The molecule has 2 aromatic carbocycles. The molecule has 0 unspecified atom stereocenters. The maximum atomic E-state index is 12.7. The lowest BCUT2D eigenvalue weighted by molar-refractivity contribution is 0.102. The highest BCUT2D eigenvalue weighted by Gasteiger charge is 2.21. The number of anilines is 1. The van der Waals surface area contributed by atoms with Crippen LogP contribution in [0.2, 0.25) is 0 Å². The quantitative estimate of drug-likeness (QED) is 0.439. The fraction of sp³-hybridized carbons (Fsp3) is 0.227. The minimum atomic E-state index is -3.54. The van der Waals surface area contributed by atoms with Gasteiger partial charge in [0.1, 0.15) is 0 Å². The maximum Gasteiger partial charge on any atom is 0.255 e. The van der Waals surface area contributed by atoms with Crippen LogP contribution in [0.15, 0.2) is 75.1 Å². The highest BCUT2D eigenvalue weighted by Crippen LogP contribution is 2.30. The van der Waals surface area contributed by atoms with Gasteiger partial charge in [-0.25, -0.2) is 8.42 Å². The van der Waals surface area contributed by atoms with Crippen LogP contribution >= 0.6 is 23.1 Å². The molecule has 0 aliphatic carbocycles. The van der Waals surface area contributed by atoms with Crippen molar-refractivity contribution in [3.63, 3.8) is 0 Å². The monoisotopic (exact) mass is 460 g/mol. The SMILES string of the molecule is CCN(CC)S(=O)(=O)c1ccc(C(=O)Nc2ccccc2SCc2ccsc2)cc1. The normalized spacial score (nSPS) is 11.6. The van der Waals surface area contributed by atoms with Gasteiger partial charge in [-0.05, 0) is 58.8 Å². The van der Waals surface area contributed by atoms with Gasteiger partial charge in [-0.1, -0.05) is 26.0 Å². The molecule has 8 heteroatoms. The number of benzene rings is 2. The van der Waals surface area contributed by atoms with Gasteiger partial charge >= 0.3 is 0 Å². The average Bonchev–Trinajstić information content (AvgIpc) is 3.27. The van der Waals surface area contributed by atoms with Crippen LogP contribution in [0.1, 0.15) is 29.8 Å². The Bertz CT molecular complexity index is 1080. The van der Waals surface area contributed by atoms with Crippen LogP contribution in [0.3, 0.4) is 0 Å². The number of rotatable bonds is 9. The standard InChI is InChI=1S/C22H24N2O3S3/c1-3-24(4-2)30(26,27)19-11-9-18(10-12-19)22(25)23-20-7-5-6-8-21(20)29-16-17-13-14-28-15-17/h5-15H,3-4,16H2,1-2H3,(H,23,25). The number of thioether (sulfide) groups is 1. The Kier molecular flexibility index (Phi) is 7.71. The molecule has 3 rings (SSSR count). The molecule has 0 radical (unpaired) electrons. The molecule has 1 aromatic heterocycles. The Labute approximate surface area is 186 Å². The topological polar surface area (TPSA) is 66.5 Å². The van der Waals surface area contributed by atoms with E-state index < -0.39 is 10.0 Å². The molecule has 0 bridgehead atoms. The predicted octanol–water partition coefficient (Wildman–Crippen LogP) is 5.32. The highest BCUT2D eigenvalue weighted by molar-refractivity contribution is 7.98. The van der Waals surface area contributed by atoms with Crippen molar-refractivity contribution in [2.45, 2.75) is 29.4 Å². The van der Waals surface area contributed by atoms with Crippen molar-refractivity contribution >= 4 is 44.7 Å². The summed E-state index contributed by atoms with van der Waals surface area (Å²) in [6, 6.07) is 15.8. The largest absolute Gasteiger partial charge is 0.321 e. The molecule has 0 saturated carbocycles. The van der Waals surface area contributed by atoms with E-state index in [0.717, 1.165) is 16.3 Å². The average molecular weight is 461 g/mol. The van der Waals surface area contributed by atoms with Gasteiger partial charge in [-0.3, -0.25) is 4.79 Å². The van der Waals surface area contributed by atoms with Gasteiger partial charge in [-0.15, -0.1) is 11.8 Å². The van der Waals surface area contributed by atoms with Crippen molar-refractivity contribution in [1.29, 1.82) is 0 Å². The van der Waals surface area contributed by atoms with Gasteiger partial charge in [0.25, 0.3) is 5.91 Å². The second kappa shape index (κ2) is 10.3. The summed E-state index contributed by atoms with van der Waals surface area (Å²) in [6.45, 7) is 4.41. The number of para-hydroxylation sites is 1. The molecule has 0 aliphatic rings. The molecule has 5 nitrogen and oxygen atoms in total. The maximum absolute atomic E-state index is 12.7. The van der Waals surface area contributed by atoms with E-state index in [1.807, 2.05) is 29.6 Å². The number of carbonyl (C=O) groups excluding carboxylic acids is 1. The number of sulfonamides is 1. The van der Waals surface area contributed by atoms with Crippen molar-refractivity contribution in [3.8, 4) is 0 Å². The minimum absolute atomic E-state index is 0.189. The minimum Gasteiger partial charge on any atom is -0.321 e. The summed E-state index contributed by atoms with van der Waals surface area (Å²) in [5.74, 6) is 0.555. The van der Waals surface area contributed by atoms with Crippen LogP contribution in [-0.2, 0) is 15.8 Å². The Morgan fingerprint density at radius 3 is 2.37 bits per heavy atom. The first-order valence-electron chi connectivity index (χ1n) is 9.60. The van der Waals surface area contributed by atoms with E-state index in [1.165, 1.54) is 22.0 Å². The van der Waals surface area contributed by atoms with Gasteiger partial charge < -0.3 is 5.32 Å². The molecule has 158 valence electrons. The molecule has 1 amide bonds. The lowest BCUT2D eigenvalue weighted by Crippen LogP contribution is -2.30. The fourth-order valence-electron chi connectivity index (χ4n) is 2.92. The van der Waals surface area contributed by atoms with Crippen molar-refractivity contribution < 1.29 is 13.2 Å². The molecular formula is C22H24N2O3S3. The third kappa shape index (κ3) is 5.31. The number of carbonyl (C=O) groups is 1. The molecule has 1 N–H and O–H groups in total. The first kappa shape index (κ1) is 22.6. The number of hydrogen-bond donors (Lipinski definition) is 1. The zero-order valence-electron chi connectivity index (χ0n) is 16.9. The van der Waals surface area contributed by atoms with Gasteiger partial charge in [0, 0.05) is 29.3 Å². The number of hydrogen-bond acceptors (Lipinski definition) is 5. The van der Waals surface area contributed by atoms with E-state index in [9.17, 15) is 13.2 Å². The van der Waals surface area contributed by atoms with Crippen molar-refractivity contribution in [3.05, 3.63) is 76.5 Å². The molecule has 1 heterocycles. The predicted molar refractivity (Wildman–Crippen MR) is 125 cm³/mol. The van der Waals surface area contributed by atoms with E-state index in [4.69, 9.17) is 0 Å². The summed E-state index contributed by atoms with van der Waals surface area (Å²) in [5, 5.41) is 7.11. The fourth-order valence-corrected chi connectivity index (χ4v) is 6.10. The van der Waals surface area contributed by atoms with E-state index in [1.54, 1.807) is 49.1 Å². The first-order chi connectivity index (χ1) is 14.5. The first-order valence-corrected chi connectivity index (χ1v) is 13.0. The second-order valence-electron chi connectivity index (χ2n) is 6.48. The second-order valence-corrected chi connectivity index (χ2v) is 10.2. The Hall–Kier alpha value is -2.13. The van der Waals surface area contributed by atoms with E-state index in [0.29, 0.717) is 18.7 Å². The third-order valence-corrected chi connectivity index (χ3v) is 8.51. The van der Waals surface area contributed by atoms with Crippen LogP contribution < -0.4 is 5.32 Å². The zero-order chi connectivity index (χ0) is 21.6. The van der Waals surface area contributed by atoms with E-state index >= 15 is 0 Å². The summed E-state index contributed by atoms with van der Waals surface area (Å²) < 4.78 is 26.6.